The normalized spacial score (nSPS) is 22.8. The first-order chi connectivity index (χ1) is 21.4. The molecule has 44 heavy (non-hydrogen) atoms. The van der Waals surface area contributed by atoms with Gasteiger partial charge in [-0.05, 0) is 66.5 Å². The standard InChI is InChI=1S/C33H39N5O4S2/c1-21(40)37-11-13-38(14-12-37)32(42)27-4-2-3-23(15-27)20-43-29-18-35-33(44-29)36-31(41)24-7-5-22(6-8-24)17-34-30-26-10-9-25(16-26)28(30)19-39/h2-8,15,18,25-26,28,30,34,39H,9-14,16-17,19-20H2,1H3,(H,35,36,41)/t25?,26?,28-,30+/m0/s1. The van der Waals surface area contributed by atoms with Gasteiger partial charge in [0.05, 0.1) is 10.4 Å². The van der Waals surface area contributed by atoms with Crippen LogP contribution in [0.25, 0.3) is 0 Å². The molecule has 11 heteroatoms. The number of aliphatic hydroxyl groups excluding tert-OH is 1. The summed E-state index contributed by atoms with van der Waals surface area (Å²) in [5.74, 6) is 2.20. The van der Waals surface area contributed by atoms with Crippen LogP contribution < -0.4 is 10.6 Å². The summed E-state index contributed by atoms with van der Waals surface area (Å²) in [6, 6.07) is 15.7. The molecule has 6 rings (SSSR count). The van der Waals surface area contributed by atoms with Crippen LogP contribution in [-0.2, 0) is 17.1 Å². The van der Waals surface area contributed by atoms with Crippen molar-refractivity contribution in [3.63, 3.8) is 0 Å². The molecule has 2 unspecified atom stereocenters. The fourth-order valence-corrected chi connectivity index (χ4v) is 8.72. The van der Waals surface area contributed by atoms with E-state index in [1.165, 1.54) is 30.6 Å². The maximum atomic E-state index is 13.0. The van der Waals surface area contributed by atoms with Crippen molar-refractivity contribution in [2.24, 2.45) is 17.8 Å². The number of piperazine rings is 1. The molecule has 2 saturated carbocycles. The van der Waals surface area contributed by atoms with Crippen molar-refractivity contribution in [1.29, 1.82) is 0 Å². The van der Waals surface area contributed by atoms with Crippen LogP contribution in [0.5, 0.6) is 0 Å². The molecular formula is C33H39N5O4S2. The van der Waals surface area contributed by atoms with Crippen LogP contribution in [0.4, 0.5) is 5.13 Å². The van der Waals surface area contributed by atoms with Gasteiger partial charge in [-0.15, -0.1) is 11.8 Å². The molecule has 232 valence electrons. The molecule has 1 aliphatic heterocycles. The smallest absolute Gasteiger partial charge is 0.257 e. The fraction of sp³-hybridized carbons (Fsp3) is 0.455. The van der Waals surface area contributed by atoms with Crippen molar-refractivity contribution >= 4 is 46.0 Å². The number of rotatable bonds is 10. The lowest BCUT2D eigenvalue weighted by Gasteiger charge is -2.34. The third kappa shape index (κ3) is 7.01. The summed E-state index contributed by atoms with van der Waals surface area (Å²) >= 11 is 3.04. The topological polar surface area (TPSA) is 115 Å². The first-order valence-corrected chi connectivity index (χ1v) is 17.1. The number of nitrogens with one attached hydrogen (secondary N) is 2. The van der Waals surface area contributed by atoms with Crippen molar-refractivity contribution in [3.8, 4) is 0 Å². The number of thiazole rings is 1. The summed E-state index contributed by atoms with van der Waals surface area (Å²) in [6.07, 6.45) is 5.50. The predicted octanol–water partition coefficient (Wildman–Crippen LogP) is 4.49. The number of hydrogen-bond acceptors (Lipinski definition) is 8. The van der Waals surface area contributed by atoms with Gasteiger partial charge in [-0.2, -0.15) is 0 Å². The van der Waals surface area contributed by atoms with Gasteiger partial charge in [-0.1, -0.05) is 35.6 Å². The van der Waals surface area contributed by atoms with Crippen LogP contribution in [0.1, 0.15) is 58.0 Å². The van der Waals surface area contributed by atoms with Gasteiger partial charge in [-0.25, -0.2) is 4.98 Å². The zero-order chi connectivity index (χ0) is 30.6. The van der Waals surface area contributed by atoms with Gasteiger partial charge in [0.2, 0.25) is 5.91 Å². The van der Waals surface area contributed by atoms with E-state index >= 15 is 0 Å². The van der Waals surface area contributed by atoms with E-state index in [0.29, 0.717) is 72.0 Å². The van der Waals surface area contributed by atoms with Gasteiger partial charge in [0, 0.05) is 75.1 Å². The van der Waals surface area contributed by atoms with Gasteiger partial charge in [0.25, 0.3) is 11.8 Å². The number of nitrogens with zero attached hydrogens (tertiary/aromatic N) is 3. The van der Waals surface area contributed by atoms with E-state index in [1.54, 1.807) is 34.7 Å². The lowest BCUT2D eigenvalue weighted by Crippen LogP contribution is -2.50. The summed E-state index contributed by atoms with van der Waals surface area (Å²) in [5.41, 5.74) is 3.38. The minimum absolute atomic E-state index is 0.0110. The Balaban J connectivity index is 0.969. The molecule has 3 amide bonds. The number of carbonyl (C=O) groups is 3. The molecule has 3 fully saturated rings. The van der Waals surface area contributed by atoms with Crippen LogP contribution in [0.2, 0.25) is 0 Å². The van der Waals surface area contributed by atoms with Crippen LogP contribution in [-0.4, -0.2) is 76.4 Å². The monoisotopic (exact) mass is 633 g/mol. The number of aliphatic hydroxyl groups is 1. The number of benzene rings is 2. The zero-order valence-corrected chi connectivity index (χ0v) is 26.5. The van der Waals surface area contributed by atoms with Crippen LogP contribution >= 0.6 is 23.1 Å². The predicted molar refractivity (Wildman–Crippen MR) is 173 cm³/mol. The van der Waals surface area contributed by atoms with Gasteiger partial charge in [0.1, 0.15) is 0 Å². The second-order valence-corrected chi connectivity index (χ2v) is 14.3. The second-order valence-electron chi connectivity index (χ2n) is 12.0. The number of anilines is 1. The highest BCUT2D eigenvalue weighted by Crippen LogP contribution is 2.48. The Hall–Kier alpha value is -3.25. The molecule has 2 heterocycles. The van der Waals surface area contributed by atoms with Gasteiger partial charge >= 0.3 is 0 Å². The molecule has 9 nitrogen and oxygen atoms in total. The maximum absolute atomic E-state index is 13.0. The number of amides is 3. The Morgan fingerprint density at radius 3 is 2.48 bits per heavy atom. The highest BCUT2D eigenvalue weighted by Gasteiger charge is 2.46. The quantitative estimate of drug-likeness (QED) is 0.282. The van der Waals surface area contributed by atoms with Crippen molar-refractivity contribution < 1.29 is 19.5 Å². The Labute approximate surface area is 266 Å². The number of thioether (sulfide) groups is 1. The highest BCUT2D eigenvalue weighted by atomic mass is 32.2. The Kier molecular flexibility index (Phi) is 9.65. The van der Waals surface area contributed by atoms with E-state index in [4.69, 9.17) is 0 Å². The highest BCUT2D eigenvalue weighted by molar-refractivity contribution is 8.00. The van der Waals surface area contributed by atoms with E-state index < -0.39 is 0 Å². The minimum atomic E-state index is -0.195. The summed E-state index contributed by atoms with van der Waals surface area (Å²) < 4.78 is 0.973. The summed E-state index contributed by atoms with van der Waals surface area (Å²) in [5, 5.41) is 17.0. The largest absolute Gasteiger partial charge is 0.396 e. The Morgan fingerprint density at radius 1 is 0.977 bits per heavy atom. The minimum Gasteiger partial charge on any atom is -0.396 e. The lowest BCUT2D eigenvalue weighted by molar-refractivity contribution is -0.130. The SMILES string of the molecule is CC(=O)N1CCN(C(=O)c2cccc(CSc3cnc(NC(=O)c4ccc(CN[C@@H]5C6CCC(C6)[C@@H]5CO)cc4)s3)c2)CC1. The number of carbonyl (C=O) groups excluding carboxylic acids is 3. The van der Waals surface area contributed by atoms with Crippen molar-refractivity contribution in [2.75, 3.05) is 38.1 Å². The van der Waals surface area contributed by atoms with E-state index in [-0.39, 0.29) is 24.3 Å². The van der Waals surface area contributed by atoms with E-state index in [1.807, 2.05) is 48.5 Å². The molecule has 2 aromatic carbocycles. The van der Waals surface area contributed by atoms with Crippen molar-refractivity contribution in [2.45, 2.75) is 48.7 Å². The van der Waals surface area contributed by atoms with Gasteiger partial charge in [0.15, 0.2) is 5.13 Å². The fourth-order valence-electron chi connectivity index (χ4n) is 6.91. The maximum Gasteiger partial charge on any atom is 0.257 e. The molecule has 2 bridgehead atoms. The van der Waals surface area contributed by atoms with E-state index in [0.717, 1.165) is 21.9 Å². The third-order valence-corrected chi connectivity index (χ3v) is 11.5. The van der Waals surface area contributed by atoms with Gasteiger partial charge in [-0.3, -0.25) is 19.7 Å². The third-order valence-electron chi connectivity index (χ3n) is 9.33. The Morgan fingerprint density at radius 2 is 1.73 bits per heavy atom. The second kappa shape index (κ2) is 13.8. The zero-order valence-electron chi connectivity index (χ0n) is 24.9. The molecule has 1 saturated heterocycles. The Bertz CT molecular complexity index is 1490. The van der Waals surface area contributed by atoms with E-state index in [9.17, 15) is 19.5 Å². The summed E-state index contributed by atoms with van der Waals surface area (Å²) in [4.78, 5) is 45.5. The lowest BCUT2D eigenvalue weighted by atomic mass is 9.85. The summed E-state index contributed by atoms with van der Waals surface area (Å²) in [6.45, 7) is 4.77. The average Bonchev–Trinajstić information content (AvgIpc) is 3.80. The molecular weight excluding hydrogens is 595 g/mol. The number of hydrogen-bond donors (Lipinski definition) is 3. The number of fused-ring (bicyclic) bond motifs is 2. The molecule has 3 aliphatic rings. The molecule has 0 spiro atoms. The molecule has 0 radical (unpaired) electrons. The molecule has 2 aliphatic carbocycles. The number of aromatic nitrogens is 1. The van der Waals surface area contributed by atoms with Crippen LogP contribution in [0.3, 0.4) is 0 Å². The molecule has 3 N–H and O–H groups in total. The van der Waals surface area contributed by atoms with E-state index in [2.05, 4.69) is 15.6 Å². The first kappa shape index (κ1) is 30.8. The van der Waals surface area contributed by atoms with Crippen molar-refractivity contribution in [3.05, 3.63) is 77.0 Å². The molecule has 3 aromatic rings. The van der Waals surface area contributed by atoms with Crippen LogP contribution in [0, 0.1) is 17.8 Å². The molecule has 4 atom stereocenters. The molecule has 1 aromatic heterocycles. The average molecular weight is 634 g/mol. The summed E-state index contributed by atoms with van der Waals surface area (Å²) in [7, 11) is 0. The van der Waals surface area contributed by atoms with Gasteiger partial charge < -0.3 is 20.2 Å². The van der Waals surface area contributed by atoms with Crippen molar-refractivity contribution in [1.82, 2.24) is 20.1 Å². The first-order valence-electron chi connectivity index (χ1n) is 15.3. The van der Waals surface area contributed by atoms with Crippen LogP contribution in [0.15, 0.2) is 58.9 Å².